The van der Waals surface area contributed by atoms with Crippen LogP contribution in [0.15, 0.2) is 35.1 Å². The van der Waals surface area contributed by atoms with Crippen LogP contribution in [0.2, 0.25) is 0 Å². The van der Waals surface area contributed by atoms with E-state index in [1.807, 2.05) is 6.07 Å². The molecule has 0 unspecified atom stereocenters. The predicted molar refractivity (Wildman–Crippen MR) is 78.4 cm³/mol. The third kappa shape index (κ3) is 2.40. The first-order valence-electron chi connectivity index (χ1n) is 6.35. The number of phenols is 1. The molecule has 0 amide bonds. The van der Waals surface area contributed by atoms with Gasteiger partial charge in [0.05, 0.1) is 0 Å². The zero-order valence-corrected chi connectivity index (χ0v) is 11.3. The van der Waals surface area contributed by atoms with Gasteiger partial charge in [0.25, 0.3) is 5.56 Å². The van der Waals surface area contributed by atoms with Crippen molar-refractivity contribution in [1.82, 2.24) is 14.8 Å². The molecule has 0 aliphatic rings. The van der Waals surface area contributed by atoms with Gasteiger partial charge in [-0.05, 0) is 17.7 Å². The minimum Gasteiger partial charge on any atom is -0.508 e. The molecule has 0 spiro atoms. The van der Waals surface area contributed by atoms with Gasteiger partial charge in [-0.2, -0.15) is 5.10 Å². The summed E-state index contributed by atoms with van der Waals surface area (Å²) >= 11 is 0. The van der Waals surface area contributed by atoms with Crippen LogP contribution in [0.3, 0.4) is 0 Å². The van der Waals surface area contributed by atoms with Crippen molar-refractivity contribution >= 4 is 16.7 Å². The van der Waals surface area contributed by atoms with Crippen molar-refractivity contribution in [3.63, 3.8) is 0 Å². The maximum atomic E-state index is 12.0. The van der Waals surface area contributed by atoms with E-state index in [0.29, 0.717) is 23.3 Å². The number of aryl methyl sites for hydroxylation is 1. The van der Waals surface area contributed by atoms with Crippen molar-refractivity contribution in [2.45, 2.75) is 6.54 Å². The van der Waals surface area contributed by atoms with E-state index in [-0.39, 0.29) is 11.6 Å². The molecule has 0 radical (unpaired) electrons. The van der Waals surface area contributed by atoms with Gasteiger partial charge in [-0.1, -0.05) is 12.1 Å². The number of pyridine rings is 1. The number of hydrogen-bond donors (Lipinski definition) is 4. The Morgan fingerprint density at radius 3 is 2.90 bits per heavy atom. The summed E-state index contributed by atoms with van der Waals surface area (Å²) in [6.45, 7) is 0.434. The number of hydrogen-bond acceptors (Lipinski definition) is 5. The van der Waals surface area contributed by atoms with Crippen molar-refractivity contribution < 1.29 is 10.2 Å². The summed E-state index contributed by atoms with van der Waals surface area (Å²) in [4.78, 5) is 14.3. The number of benzene rings is 1. The molecule has 0 aliphatic carbocycles. The van der Waals surface area contributed by atoms with Crippen molar-refractivity contribution in [1.29, 1.82) is 0 Å². The predicted octanol–water partition coefficient (Wildman–Crippen LogP) is 1.28. The van der Waals surface area contributed by atoms with E-state index < -0.39 is 5.56 Å². The van der Waals surface area contributed by atoms with Crippen LogP contribution in [0.25, 0.3) is 10.9 Å². The molecule has 0 atom stereocenters. The van der Waals surface area contributed by atoms with E-state index in [4.69, 9.17) is 0 Å². The second kappa shape index (κ2) is 4.86. The molecule has 1 aromatic carbocycles. The van der Waals surface area contributed by atoms with Gasteiger partial charge >= 0.3 is 0 Å². The third-order valence-corrected chi connectivity index (χ3v) is 3.19. The molecule has 3 aromatic rings. The quantitative estimate of drug-likeness (QED) is 0.581. The number of fused-ring (bicyclic) bond motifs is 1. The minimum absolute atomic E-state index is 0.187. The largest absolute Gasteiger partial charge is 0.508 e. The maximum absolute atomic E-state index is 12.0. The smallest absolute Gasteiger partial charge is 0.263 e. The molecule has 108 valence electrons. The van der Waals surface area contributed by atoms with Gasteiger partial charge in [0.1, 0.15) is 22.5 Å². The topological polar surface area (TPSA) is 103 Å². The summed E-state index contributed by atoms with van der Waals surface area (Å²) in [6, 6.07) is 8.24. The first-order chi connectivity index (χ1) is 10.0. The van der Waals surface area contributed by atoms with Crippen LogP contribution in [0.1, 0.15) is 5.56 Å². The zero-order chi connectivity index (χ0) is 15.0. The molecule has 2 heterocycles. The molecular weight excluding hydrogens is 272 g/mol. The van der Waals surface area contributed by atoms with E-state index in [0.717, 1.165) is 5.56 Å². The molecule has 2 aromatic heterocycles. The Labute approximate surface area is 119 Å². The monoisotopic (exact) mass is 286 g/mol. The van der Waals surface area contributed by atoms with Gasteiger partial charge in [0.15, 0.2) is 5.88 Å². The number of aromatic nitrogens is 3. The second-order valence-corrected chi connectivity index (χ2v) is 4.74. The number of rotatable bonds is 3. The molecule has 0 saturated carbocycles. The summed E-state index contributed by atoms with van der Waals surface area (Å²) < 4.78 is 1.54. The van der Waals surface area contributed by atoms with Crippen molar-refractivity contribution in [3.05, 3.63) is 46.2 Å². The standard InChI is InChI=1S/C14H14N4O3/c1-18-13(15-7-8-3-2-4-9(19)5-8)12-10(17-18)6-11(20)16-14(12)21/h2-6,15,19-20H,7H2,1H3,(H,16,21). The first-order valence-corrected chi connectivity index (χ1v) is 6.35. The number of phenolic OH excluding ortho intramolecular Hbond substituents is 1. The molecule has 0 saturated heterocycles. The van der Waals surface area contributed by atoms with Gasteiger partial charge in [0.2, 0.25) is 0 Å². The maximum Gasteiger partial charge on any atom is 0.263 e. The average Bonchev–Trinajstić information content (AvgIpc) is 2.72. The van der Waals surface area contributed by atoms with Gasteiger partial charge < -0.3 is 15.5 Å². The Bertz CT molecular complexity index is 866. The van der Waals surface area contributed by atoms with Crippen LogP contribution >= 0.6 is 0 Å². The molecule has 4 N–H and O–H groups in total. The fourth-order valence-electron chi connectivity index (χ4n) is 2.27. The fourth-order valence-corrected chi connectivity index (χ4v) is 2.27. The Balaban J connectivity index is 1.97. The molecule has 3 rings (SSSR count). The summed E-state index contributed by atoms with van der Waals surface area (Å²) in [7, 11) is 1.71. The van der Waals surface area contributed by atoms with Crippen molar-refractivity contribution in [2.24, 2.45) is 7.05 Å². The van der Waals surface area contributed by atoms with Gasteiger partial charge in [-0.15, -0.1) is 0 Å². The highest BCUT2D eigenvalue weighted by Gasteiger charge is 2.13. The zero-order valence-electron chi connectivity index (χ0n) is 11.3. The Morgan fingerprint density at radius 1 is 1.33 bits per heavy atom. The van der Waals surface area contributed by atoms with Crippen molar-refractivity contribution in [2.75, 3.05) is 5.32 Å². The van der Waals surface area contributed by atoms with Crippen LogP contribution in [0.5, 0.6) is 11.6 Å². The number of aromatic hydroxyl groups is 2. The Hall–Kier alpha value is -2.96. The lowest BCUT2D eigenvalue weighted by molar-refractivity contribution is 0.453. The number of anilines is 1. The van der Waals surface area contributed by atoms with E-state index in [9.17, 15) is 15.0 Å². The number of H-pyrrole nitrogens is 1. The minimum atomic E-state index is -0.406. The van der Waals surface area contributed by atoms with Crippen LogP contribution < -0.4 is 10.9 Å². The van der Waals surface area contributed by atoms with Crippen LogP contribution in [-0.2, 0) is 13.6 Å². The highest BCUT2D eigenvalue weighted by atomic mass is 16.3. The summed E-state index contributed by atoms with van der Waals surface area (Å²) in [6.07, 6.45) is 0. The highest BCUT2D eigenvalue weighted by Crippen LogP contribution is 2.22. The fraction of sp³-hybridized carbons (Fsp3) is 0.143. The number of nitrogens with one attached hydrogen (secondary N) is 2. The molecule has 7 heteroatoms. The van der Waals surface area contributed by atoms with Gasteiger partial charge in [-0.25, -0.2) is 0 Å². The van der Waals surface area contributed by atoms with E-state index in [1.165, 1.54) is 6.07 Å². The van der Waals surface area contributed by atoms with E-state index >= 15 is 0 Å². The molecule has 21 heavy (non-hydrogen) atoms. The molecule has 7 nitrogen and oxygen atoms in total. The second-order valence-electron chi connectivity index (χ2n) is 4.74. The van der Waals surface area contributed by atoms with Gasteiger partial charge in [-0.3, -0.25) is 14.5 Å². The first kappa shape index (κ1) is 13.0. The van der Waals surface area contributed by atoms with E-state index in [2.05, 4.69) is 15.4 Å². The lowest BCUT2D eigenvalue weighted by Crippen LogP contribution is -2.09. The molecule has 0 bridgehead atoms. The lowest BCUT2D eigenvalue weighted by Gasteiger charge is -2.07. The molecule has 0 fully saturated rings. The SMILES string of the molecule is Cn1nc2cc(O)[nH]c(=O)c2c1NCc1cccc(O)c1. The summed E-state index contributed by atoms with van der Waals surface area (Å²) in [5.41, 5.74) is 0.883. The number of aromatic amines is 1. The Kier molecular flexibility index (Phi) is 3.02. The normalized spacial score (nSPS) is 10.9. The Morgan fingerprint density at radius 2 is 2.14 bits per heavy atom. The molecule has 0 aliphatic heterocycles. The van der Waals surface area contributed by atoms with Gasteiger partial charge in [0, 0.05) is 19.7 Å². The number of nitrogens with zero attached hydrogens (tertiary/aromatic N) is 2. The van der Waals surface area contributed by atoms with Crippen LogP contribution in [-0.4, -0.2) is 25.0 Å². The summed E-state index contributed by atoms with van der Waals surface area (Å²) in [5.74, 6) is 0.520. The average molecular weight is 286 g/mol. The van der Waals surface area contributed by atoms with Crippen LogP contribution in [0, 0.1) is 0 Å². The molecular formula is C14H14N4O3. The lowest BCUT2D eigenvalue weighted by atomic mass is 10.2. The van der Waals surface area contributed by atoms with E-state index in [1.54, 1.807) is 29.9 Å². The third-order valence-electron chi connectivity index (χ3n) is 3.19. The summed E-state index contributed by atoms with van der Waals surface area (Å²) in [5, 5.41) is 26.5. The van der Waals surface area contributed by atoms with Crippen molar-refractivity contribution in [3.8, 4) is 11.6 Å². The highest BCUT2D eigenvalue weighted by molar-refractivity contribution is 5.89. The van der Waals surface area contributed by atoms with Crippen LogP contribution in [0.4, 0.5) is 5.82 Å².